The third-order valence-corrected chi connectivity index (χ3v) is 2.40. The molecule has 0 aromatic rings. The molecule has 0 aromatic heterocycles. The molecule has 0 bridgehead atoms. The van der Waals surface area contributed by atoms with Gasteiger partial charge in [0.05, 0.1) is 0 Å². The summed E-state index contributed by atoms with van der Waals surface area (Å²) in [4.78, 5) is 0. The number of rotatable bonds is 4. The Morgan fingerprint density at radius 1 is 1.08 bits per heavy atom. The molecule has 1 radical (unpaired) electrons. The molecular weight excluding hydrogens is 144 g/mol. The zero-order valence-electron chi connectivity index (χ0n) is 8.96. The second-order valence-corrected chi connectivity index (χ2v) is 3.40. The fourth-order valence-corrected chi connectivity index (χ4v) is 0.868. The molecule has 12 heavy (non-hydrogen) atoms. The van der Waals surface area contributed by atoms with Crippen molar-refractivity contribution in [1.82, 2.24) is 0 Å². The van der Waals surface area contributed by atoms with Crippen LogP contribution in [0.2, 0.25) is 0 Å². The molecular formula is C12H21. The Morgan fingerprint density at radius 2 is 1.67 bits per heavy atom. The summed E-state index contributed by atoms with van der Waals surface area (Å²) in [7, 11) is 0. The molecule has 0 amide bonds. The van der Waals surface area contributed by atoms with Crippen molar-refractivity contribution in [1.29, 1.82) is 0 Å². The van der Waals surface area contributed by atoms with Crippen LogP contribution < -0.4 is 0 Å². The molecule has 0 fully saturated rings. The van der Waals surface area contributed by atoms with Gasteiger partial charge in [-0.05, 0) is 32.1 Å². The highest BCUT2D eigenvalue weighted by Gasteiger charge is 1.98. The van der Waals surface area contributed by atoms with E-state index in [1.807, 2.05) is 0 Å². The highest BCUT2D eigenvalue weighted by atomic mass is 14.0. The zero-order chi connectivity index (χ0) is 9.56. The fourth-order valence-electron chi connectivity index (χ4n) is 0.868. The Labute approximate surface area is 77.4 Å². The zero-order valence-corrected chi connectivity index (χ0v) is 8.96. The molecule has 0 heterocycles. The Kier molecular flexibility index (Phi) is 5.79. The van der Waals surface area contributed by atoms with Gasteiger partial charge >= 0.3 is 0 Å². The lowest BCUT2D eigenvalue weighted by atomic mass is 9.99. The summed E-state index contributed by atoms with van der Waals surface area (Å²) in [5.41, 5.74) is 1.44. The number of hydrogen-bond acceptors (Lipinski definition) is 0. The maximum atomic E-state index is 2.28. The van der Waals surface area contributed by atoms with Gasteiger partial charge < -0.3 is 0 Å². The quantitative estimate of drug-likeness (QED) is 0.552. The van der Waals surface area contributed by atoms with E-state index in [0.29, 0.717) is 11.8 Å². The van der Waals surface area contributed by atoms with Crippen molar-refractivity contribution in [3.8, 4) is 0 Å². The minimum absolute atomic E-state index is 0.581. The van der Waals surface area contributed by atoms with Crippen molar-refractivity contribution in [3.63, 3.8) is 0 Å². The lowest BCUT2D eigenvalue weighted by molar-refractivity contribution is 0.808. The number of allylic oxidation sites excluding steroid dienone is 4. The Hall–Kier alpha value is -0.520. The van der Waals surface area contributed by atoms with Gasteiger partial charge in [-0.25, -0.2) is 0 Å². The van der Waals surface area contributed by atoms with Crippen LogP contribution in [0.4, 0.5) is 0 Å². The average Bonchev–Trinajstić information content (AvgIpc) is 2.11. The van der Waals surface area contributed by atoms with Crippen molar-refractivity contribution in [2.24, 2.45) is 11.8 Å². The molecule has 0 aromatic carbocycles. The second-order valence-electron chi connectivity index (χ2n) is 3.40. The van der Waals surface area contributed by atoms with Crippen molar-refractivity contribution in [2.75, 3.05) is 0 Å². The molecule has 0 saturated heterocycles. The van der Waals surface area contributed by atoms with E-state index in [-0.39, 0.29) is 0 Å². The smallest absolute Gasteiger partial charge is 0.00544 e. The maximum Gasteiger partial charge on any atom is -0.00544 e. The van der Waals surface area contributed by atoms with Gasteiger partial charge in [-0.2, -0.15) is 0 Å². The van der Waals surface area contributed by atoms with Gasteiger partial charge in [0.2, 0.25) is 0 Å². The third kappa shape index (κ3) is 4.38. The highest BCUT2D eigenvalue weighted by molar-refractivity contribution is 5.09. The van der Waals surface area contributed by atoms with Crippen molar-refractivity contribution in [2.45, 2.75) is 34.6 Å². The van der Waals surface area contributed by atoms with Crippen LogP contribution in [0.25, 0.3) is 0 Å². The average molecular weight is 165 g/mol. The van der Waals surface area contributed by atoms with Crippen LogP contribution in [0, 0.1) is 18.3 Å². The number of hydrogen-bond donors (Lipinski definition) is 0. The summed E-state index contributed by atoms with van der Waals surface area (Å²) in [6, 6.07) is 0. The van der Waals surface area contributed by atoms with Crippen molar-refractivity contribution in [3.05, 3.63) is 30.2 Å². The van der Waals surface area contributed by atoms with Crippen LogP contribution in [0.15, 0.2) is 23.8 Å². The minimum atomic E-state index is 0.581. The highest BCUT2D eigenvalue weighted by Crippen LogP contribution is 2.12. The largest absolute Gasteiger partial charge is 0.0882 e. The Morgan fingerprint density at radius 3 is 2.08 bits per heavy atom. The lowest BCUT2D eigenvalue weighted by Gasteiger charge is -2.07. The first kappa shape index (κ1) is 11.5. The van der Waals surface area contributed by atoms with E-state index in [2.05, 4.69) is 59.3 Å². The summed E-state index contributed by atoms with van der Waals surface area (Å²) in [6.45, 7) is 10.8. The van der Waals surface area contributed by atoms with Gasteiger partial charge in [-0.3, -0.25) is 0 Å². The third-order valence-electron chi connectivity index (χ3n) is 2.40. The van der Waals surface area contributed by atoms with Crippen LogP contribution in [-0.2, 0) is 0 Å². The van der Waals surface area contributed by atoms with E-state index in [4.69, 9.17) is 0 Å². The van der Waals surface area contributed by atoms with Gasteiger partial charge in [0.25, 0.3) is 0 Å². The Bertz CT molecular complexity index is 163. The predicted octanol–water partition coefficient (Wildman–Crippen LogP) is 4.01. The van der Waals surface area contributed by atoms with Gasteiger partial charge in [0.1, 0.15) is 0 Å². The molecule has 0 nitrogen and oxygen atoms in total. The molecule has 2 unspecified atom stereocenters. The minimum Gasteiger partial charge on any atom is -0.0882 e. The summed E-state index contributed by atoms with van der Waals surface area (Å²) in [5, 5.41) is 0. The van der Waals surface area contributed by atoms with E-state index >= 15 is 0 Å². The van der Waals surface area contributed by atoms with Gasteiger partial charge in [-0.15, -0.1) is 0 Å². The monoisotopic (exact) mass is 165 g/mol. The van der Waals surface area contributed by atoms with E-state index in [1.165, 1.54) is 5.57 Å². The molecule has 0 spiro atoms. The molecule has 0 saturated carbocycles. The summed E-state index contributed by atoms with van der Waals surface area (Å²) in [6.07, 6.45) is 8.92. The van der Waals surface area contributed by atoms with Crippen molar-refractivity contribution >= 4 is 0 Å². The summed E-state index contributed by atoms with van der Waals surface area (Å²) >= 11 is 0. The lowest BCUT2D eigenvalue weighted by Crippen LogP contribution is -1.93. The summed E-state index contributed by atoms with van der Waals surface area (Å²) < 4.78 is 0. The molecule has 0 aliphatic heterocycles. The molecule has 0 aliphatic rings. The van der Waals surface area contributed by atoms with Gasteiger partial charge in [0, 0.05) is 0 Å². The van der Waals surface area contributed by atoms with Crippen LogP contribution >= 0.6 is 0 Å². The summed E-state index contributed by atoms with van der Waals surface area (Å²) in [5.74, 6) is 1.18. The first-order chi connectivity index (χ1) is 5.61. The maximum absolute atomic E-state index is 2.28. The van der Waals surface area contributed by atoms with Crippen LogP contribution in [-0.4, -0.2) is 0 Å². The molecule has 69 valence electrons. The normalized spacial score (nSPS) is 18.2. The standard InChI is InChI=1S/C12H21/c1-6-10(3)8-9-12(5)11(4)7-2/h6-10,12H,1-5H3. The van der Waals surface area contributed by atoms with Gasteiger partial charge in [-0.1, -0.05) is 44.6 Å². The Balaban J connectivity index is 3.99. The van der Waals surface area contributed by atoms with E-state index in [1.54, 1.807) is 0 Å². The van der Waals surface area contributed by atoms with E-state index < -0.39 is 0 Å². The first-order valence-corrected chi connectivity index (χ1v) is 4.72. The first-order valence-electron chi connectivity index (χ1n) is 4.72. The van der Waals surface area contributed by atoms with Crippen LogP contribution in [0.5, 0.6) is 0 Å². The second kappa shape index (κ2) is 6.05. The van der Waals surface area contributed by atoms with Crippen LogP contribution in [0.1, 0.15) is 34.6 Å². The predicted molar refractivity (Wildman–Crippen MR) is 56.9 cm³/mol. The molecule has 0 N–H and O–H groups in total. The SMILES string of the molecule is C[CH]C(C)C=CC(C)C(C)=CC. The molecule has 2 atom stereocenters. The van der Waals surface area contributed by atoms with Crippen LogP contribution in [0.3, 0.4) is 0 Å². The van der Waals surface area contributed by atoms with E-state index in [0.717, 1.165) is 0 Å². The molecule has 0 aliphatic carbocycles. The fraction of sp³-hybridized carbons (Fsp3) is 0.583. The van der Waals surface area contributed by atoms with E-state index in [9.17, 15) is 0 Å². The molecule has 0 heteroatoms. The topological polar surface area (TPSA) is 0 Å². The molecule has 0 rings (SSSR count). The van der Waals surface area contributed by atoms with Crippen molar-refractivity contribution < 1.29 is 0 Å². The van der Waals surface area contributed by atoms with Gasteiger partial charge in [0.15, 0.2) is 0 Å².